The number of carbonyl (C=O) groups is 4. The normalized spacial score (nSPS) is 14.4. The summed E-state index contributed by atoms with van der Waals surface area (Å²) in [6, 6.07) is 13.5. The van der Waals surface area contributed by atoms with E-state index in [9.17, 15) is 19.2 Å². The van der Waals surface area contributed by atoms with Crippen molar-refractivity contribution in [2.24, 2.45) is 0 Å². The summed E-state index contributed by atoms with van der Waals surface area (Å²) >= 11 is 8.24. The number of nitrogens with one attached hydrogen (secondary N) is 1. The van der Waals surface area contributed by atoms with Gasteiger partial charge in [0.15, 0.2) is 11.5 Å². The van der Waals surface area contributed by atoms with E-state index in [0.717, 1.165) is 16.0 Å². The Labute approximate surface area is 242 Å². The van der Waals surface area contributed by atoms with Gasteiger partial charge in [-0.1, -0.05) is 29.8 Å². The first-order valence-corrected chi connectivity index (χ1v) is 13.1. The second kappa shape index (κ2) is 11.9. The Bertz CT molecular complexity index is 1520. The van der Waals surface area contributed by atoms with Gasteiger partial charge in [0.05, 0.1) is 21.4 Å². The number of imide groups is 2. The highest BCUT2D eigenvalue weighted by Gasteiger charge is 2.37. The Morgan fingerprint density at radius 1 is 1.08 bits per heavy atom. The highest BCUT2D eigenvalue weighted by Crippen LogP contribution is 2.36. The van der Waals surface area contributed by atoms with Crippen molar-refractivity contribution in [2.45, 2.75) is 20.5 Å². The first-order chi connectivity index (χ1) is 18.6. The van der Waals surface area contributed by atoms with Gasteiger partial charge in [0.1, 0.15) is 12.2 Å². The van der Waals surface area contributed by atoms with Crippen molar-refractivity contribution in [3.63, 3.8) is 0 Å². The third kappa shape index (κ3) is 6.23. The smallest absolute Gasteiger partial charge is 0.335 e. The summed E-state index contributed by atoms with van der Waals surface area (Å²) in [5, 5.41) is 11.6. The van der Waals surface area contributed by atoms with Gasteiger partial charge in [0, 0.05) is 5.02 Å². The van der Waals surface area contributed by atoms with E-state index < -0.39 is 23.8 Å². The number of carbonyl (C=O) groups excluding carboxylic acids is 3. The van der Waals surface area contributed by atoms with Crippen LogP contribution in [0.2, 0.25) is 5.02 Å². The van der Waals surface area contributed by atoms with Crippen LogP contribution in [0.1, 0.15) is 34.0 Å². The summed E-state index contributed by atoms with van der Waals surface area (Å²) in [4.78, 5) is 50.4. The zero-order valence-corrected chi connectivity index (χ0v) is 23.7. The zero-order chi connectivity index (χ0) is 28.3. The molecule has 0 spiro atoms. The lowest BCUT2D eigenvalue weighted by Crippen LogP contribution is -2.54. The molecule has 0 atom stereocenters. The van der Waals surface area contributed by atoms with Crippen molar-refractivity contribution >= 4 is 69.8 Å². The molecule has 1 fully saturated rings. The second-order valence-corrected chi connectivity index (χ2v) is 10.0. The quantitative estimate of drug-likeness (QED) is 0.183. The number of anilines is 1. The molecule has 11 heteroatoms. The largest absolute Gasteiger partial charge is 0.490 e. The maximum absolute atomic E-state index is 13.3. The highest BCUT2D eigenvalue weighted by molar-refractivity contribution is 14.1. The maximum Gasteiger partial charge on any atom is 0.335 e. The fourth-order valence-corrected chi connectivity index (χ4v) is 4.71. The van der Waals surface area contributed by atoms with Crippen LogP contribution >= 0.6 is 34.2 Å². The molecule has 4 rings (SSSR count). The molecule has 9 nitrogen and oxygen atoms in total. The average molecular weight is 661 g/mol. The van der Waals surface area contributed by atoms with E-state index in [1.54, 1.807) is 50.2 Å². The fourth-order valence-electron chi connectivity index (χ4n) is 3.75. The molecule has 1 heterocycles. The first kappa shape index (κ1) is 28.1. The van der Waals surface area contributed by atoms with Crippen LogP contribution in [0.15, 0.2) is 60.2 Å². The number of carboxylic acids is 1. The Hall–Kier alpha value is -3.90. The first-order valence-electron chi connectivity index (χ1n) is 11.7. The van der Waals surface area contributed by atoms with Gasteiger partial charge in [0.2, 0.25) is 0 Å². The number of urea groups is 1. The number of rotatable bonds is 8. The standard InChI is InChI=1S/C28H22ClIN2O7/c1-3-38-23-12-17(11-22(30)24(23)39-14-16-5-7-18(8-6-16)27(35)36)10-20-25(33)31-28(37)32(26(20)34)19-9-4-15(2)21(29)13-19/h4-13H,3,14H2,1-2H3,(H,35,36)(H,31,33,37)/b20-10-. The number of halogens is 2. The topological polar surface area (TPSA) is 122 Å². The van der Waals surface area contributed by atoms with E-state index >= 15 is 0 Å². The average Bonchev–Trinajstić information content (AvgIpc) is 2.88. The number of ether oxygens (including phenoxy) is 2. The van der Waals surface area contributed by atoms with Gasteiger partial charge in [-0.3, -0.25) is 14.9 Å². The van der Waals surface area contributed by atoms with Crippen LogP contribution in [0.4, 0.5) is 10.5 Å². The number of hydrogen-bond acceptors (Lipinski definition) is 6. The number of benzene rings is 3. The Balaban J connectivity index is 1.63. The highest BCUT2D eigenvalue weighted by atomic mass is 127. The molecule has 4 amide bonds. The third-order valence-corrected chi connectivity index (χ3v) is 6.95. The van der Waals surface area contributed by atoms with Crippen molar-refractivity contribution in [3.05, 3.63) is 91.0 Å². The molecule has 2 N–H and O–H groups in total. The molecule has 1 saturated heterocycles. The number of aromatic carboxylic acids is 1. The Kier molecular flexibility index (Phi) is 8.56. The van der Waals surface area contributed by atoms with Gasteiger partial charge in [-0.25, -0.2) is 14.5 Å². The van der Waals surface area contributed by atoms with Crippen LogP contribution < -0.4 is 19.7 Å². The van der Waals surface area contributed by atoms with Gasteiger partial charge in [-0.2, -0.15) is 0 Å². The van der Waals surface area contributed by atoms with E-state index in [0.29, 0.717) is 32.3 Å². The molecule has 0 aliphatic carbocycles. The lowest BCUT2D eigenvalue weighted by molar-refractivity contribution is -0.122. The van der Waals surface area contributed by atoms with Crippen molar-refractivity contribution < 1.29 is 33.8 Å². The van der Waals surface area contributed by atoms with Crippen LogP contribution in [0.5, 0.6) is 11.5 Å². The van der Waals surface area contributed by atoms with Crippen molar-refractivity contribution in [1.82, 2.24) is 5.32 Å². The van der Waals surface area contributed by atoms with E-state index in [4.69, 9.17) is 26.2 Å². The van der Waals surface area contributed by atoms with Gasteiger partial charge < -0.3 is 14.6 Å². The van der Waals surface area contributed by atoms with Crippen LogP contribution in [0.25, 0.3) is 6.08 Å². The van der Waals surface area contributed by atoms with E-state index in [1.807, 2.05) is 0 Å². The molecule has 0 bridgehead atoms. The molecule has 0 unspecified atom stereocenters. The Morgan fingerprint density at radius 3 is 2.44 bits per heavy atom. The summed E-state index contributed by atoms with van der Waals surface area (Å²) in [7, 11) is 0. The molecule has 0 saturated carbocycles. The summed E-state index contributed by atoms with van der Waals surface area (Å²) < 4.78 is 12.4. The summed E-state index contributed by atoms with van der Waals surface area (Å²) in [6.45, 7) is 4.09. The molecule has 0 radical (unpaired) electrons. The van der Waals surface area contributed by atoms with Gasteiger partial charge in [0.25, 0.3) is 11.8 Å². The summed E-state index contributed by atoms with van der Waals surface area (Å²) in [5.74, 6) is -1.78. The number of nitrogens with zero attached hydrogens (tertiary/aromatic N) is 1. The van der Waals surface area contributed by atoms with Crippen LogP contribution in [0, 0.1) is 10.5 Å². The zero-order valence-electron chi connectivity index (χ0n) is 20.8. The van der Waals surface area contributed by atoms with E-state index in [1.165, 1.54) is 24.3 Å². The monoisotopic (exact) mass is 660 g/mol. The molecular weight excluding hydrogens is 639 g/mol. The molecule has 3 aromatic carbocycles. The number of amides is 4. The molecular formula is C28H22ClIN2O7. The molecule has 200 valence electrons. The second-order valence-electron chi connectivity index (χ2n) is 8.45. The third-order valence-electron chi connectivity index (χ3n) is 5.74. The van der Waals surface area contributed by atoms with Crippen molar-refractivity contribution in [3.8, 4) is 11.5 Å². The molecule has 1 aliphatic rings. The minimum atomic E-state index is -1.01. The van der Waals surface area contributed by atoms with Gasteiger partial charge in [-0.05, 0) is 95.6 Å². The summed E-state index contributed by atoms with van der Waals surface area (Å²) in [5.41, 5.74) is 2.18. The van der Waals surface area contributed by atoms with Crippen molar-refractivity contribution in [1.29, 1.82) is 0 Å². The molecule has 1 aliphatic heterocycles. The Morgan fingerprint density at radius 2 is 1.79 bits per heavy atom. The minimum absolute atomic E-state index is 0.160. The van der Waals surface area contributed by atoms with Crippen LogP contribution in [-0.4, -0.2) is 35.5 Å². The predicted octanol–water partition coefficient (Wildman–Crippen LogP) is 5.60. The number of aryl methyl sites for hydroxylation is 1. The number of hydrogen-bond donors (Lipinski definition) is 2. The molecule has 0 aromatic heterocycles. The van der Waals surface area contributed by atoms with Crippen LogP contribution in [0.3, 0.4) is 0 Å². The molecule has 39 heavy (non-hydrogen) atoms. The lowest BCUT2D eigenvalue weighted by Gasteiger charge is -2.26. The molecule has 3 aromatic rings. The van der Waals surface area contributed by atoms with Gasteiger partial charge >= 0.3 is 12.0 Å². The van der Waals surface area contributed by atoms with E-state index in [-0.39, 0.29) is 23.4 Å². The number of barbiturate groups is 1. The van der Waals surface area contributed by atoms with Crippen LogP contribution in [-0.2, 0) is 16.2 Å². The van der Waals surface area contributed by atoms with Crippen molar-refractivity contribution in [2.75, 3.05) is 11.5 Å². The number of carboxylic acid groups (broad SMARTS) is 1. The van der Waals surface area contributed by atoms with Gasteiger partial charge in [-0.15, -0.1) is 0 Å². The SMILES string of the molecule is CCOc1cc(/C=C2/C(=O)NC(=O)N(c3ccc(C)c(Cl)c3)C2=O)cc(I)c1OCc1ccc(C(=O)O)cc1. The maximum atomic E-state index is 13.3. The predicted molar refractivity (Wildman–Crippen MR) is 153 cm³/mol. The fraction of sp³-hybridized carbons (Fsp3) is 0.143. The summed E-state index contributed by atoms with van der Waals surface area (Å²) in [6.07, 6.45) is 1.38. The minimum Gasteiger partial charge on any atom is -0.490 e. The van der Waals surface area contributed by atoms with E-state index in [2.05, 4.69) is 27.9 Å². The lowest BCUT2D eigenvalue weighted by atomic mass is 10.1.